The van der Waals surface area contributed by atoms with Crippen LogP contribution in [0.3, 0.4) is 0 Å². The molecule has 0 aromatic rings. The van der Waals surface area contributed by atoms with E-state index in [1.165, 1.54) is 7.05 Å². The summed E-state index contributed by atoms with van der Waals surface area (Å²) in [6.45, 7) is 12.4. The SMILES string of the molecule is CC.CC.CCC(=O)N(CC1CCC(C(=O)OCCCCCC(=O)ON(C)C(=O)CCC=O)CC1)C(O)CC. The zero-order valence-corrected chi connectivity index (χ0v) is 25.4. The summed E-state index contributed by atoms with van der Waals surface area (Å²) in [7, 11) is 1.34. The van der Waals surface area contributed by atoms with E-state index >= 15 is 0 Å². The minimum Gasteiger partial charge on any atom is -0.465 e. The number of ether oxygens (including phenoxy) is 1. The summed E-state index contributed by atoms with van der Waals surface area (Å²) in [6.07, 6.45) is 5.88. The van der Waals surface area contributed by atoms with Crippen molar-refractivity contribution in [3.05, 3.63) is 0 Å². The molecule has 0 aromatic carbocycles. The molecule has 1 atom stereocenters. The number of aliphatic hydroxyl groups excluding tert-OH is 1. The molecule has 2 amide bonds. The summed E-state index contributed by atoms with van der Waals surface area (Å²) in [6, 6.07) is 0. The largest absolute Gasteiger partial charge is 0.465 e. The lowest BCUT2D eigenvalue weighted by Crippen LogP contribution is -2.43. The first-order valence-corrected chi connectivity index (χ1v) is 14.8. The van der Waals surface area contributed by atoms with Gasteiger partial charge in [0, 0.05) is 39.3 Å². The number of aliphatic hydroxyl groups is 1. The van der Waals surface area contributed by atoms with Gasteiger partial charge < -0.3 is 24.4 Å². The maximum absolute atomic E-state index is 12.4. The van der Waals surface area contributed by atoms with Crippen molar-refractivity contribution in [2.45, 2.75) is 125 Å². The lowest BCUT2D eigenvalue weighted by atomic mass is 9.81. The molecule has 1 fully saturated rings. The molecule has 0 spiro atoms. The van der Waals surface area contributed by atoms with Gasteiger partial charge in [0.1, 0.15) is 12.5 Å². The van der Waals surface area contributed by atoms with Gasteiger partial charge in [-0.1, -0.05) is 41.5 Å². The van der Waals surface area contributed by atoms with Crippen LogP contribution in [-0.4, -0.2) is 71.5 Å². The van der Waals surface area contributed by atoms with Gasteiger partial charge >= 0.3 is 11.9 Å². The summed E-state index contributed by atoms with van der Waals surface area (Å²) in [5.41, 5.74) is 0. The van der Waals surface area contributed by atoms with Crippen molar-refractivity contribution in [3.63, 3.8) is 0 Å². The van der Waals surface area contributed by atoms with E-state index in [2.05, 4.69) is 0 Å². The second-order valence-electron chi connectivity index (χ2n) is 9.04. The van der Waals surface area contributed by atoms with Crippen LogP contribution in [0.2, 0.25) is 0 Å². The fourth-order valence-electron chi connectivity index (χ4n) is 4.10. The average molecular weight is 559 g/mol. The fourth-order valence-corrected chi connectivity index (χ4v) is 4.10. The molecule has 1 aliphatic carbocycles. The smallest absolute Gasteiger partial charge is 0.332 e. The molecule has 10 nitrogen and oxygen atoms in total. The second-order valence-corrected chi connectivity index (χ2v) is 9.04. The minimum atomic E-state index is -0.760. The Morgan fingerprint density at radius 3 is 2.08 bits per heavy atom. The van der Waals surface area contributed by atoms with Crippen LogP contribution in [-0.2, 0) is 33.5 Å². The molecule has 0 radical (unpaired) electrons. The standard InChI is InChI=1S/C25H42N2O8.2C2H6/c1-4-21(29)27(22(30)5-2)18-19-12-14-20(15-13-19)25(33)34-17-8-6-7-11-24(32)35-26(3)23(31)10-9-16-28;2*1-2/h16,19-21,29H,4-15,17-18H2,1-3H3;2*1-2H3. The summed E-state index contributed by atoms with van der Waals surface area (Å²) in [5, 5.41) is 11.0. The van der Waals surface area contributed by atoms with Crippen molar-refractivity contribution < 1.29 is 38.7 Å². The van der Waals surface area contributed by atoms with Crippen molar-refractivity contribution in [3.8, 4) is 0 Å². The molecular formula is C29H54N2O8. The van der Waals surface area contributed by atoms with E-state index in [1.807, 2.05) is 34.6 Å². The zero-order valence-electron chi connectivity index (χ0n) is 25.4. The Labute approximate surface area is 235 Å². The van der Waals surface area contributed by atoms with Gasteiger partial charge in [0.25, 0.3) is 5.91 Å². The predicted octanol–water partition coefficient (Wildman–Crippen LogP) is 4.81. The van der Waals surface area contributed by atoms with E-state index in [0.29, 0.717) is 64.4 Å². The number of hydrogen-bond acceptors (Lipinski definition) is 8. The van der Waals surface area contributed by atoms with Gasteiger partial charge in [-0.15, -0.1) is 0 Å². The van der Waals surface area contributed by atoms with Crippen LogP contribution in [0.25, 0.3) is 0 Å². The van der Waals surface area contributed by atoms with Crippen molar-refractivity contribution >= 4 is 30.0 Å². The Morgan fingerprint density at radius 2 is 1.54 bits per heavy atom. The van der Waals surface area contributed by atoms with Crippen molar-refractivity contribution in [2.24, 2.45) is 11.8 Å². The van der Waals surface area contributed by atoms with Crippen molar-refractivity contribution in [1.29, 1.82) is 0 Å². The molecule has 0 saturated heterocycles. The molecule has 0 aliphatic heterocycles. The molecular weight excluding hydrogens is 504 g/mol. The van der Waals surface area contributed by atoms with Crippen LogP contribution < -0.4 is 0 Å². The molecule has 1 unspecified atom stereocenters. The lowest BCUT2D eigenvalue weighted by molar-refractivity contribution is -0.192. The van der Waals surface area contributed by atoms with E-state index in [0.717, 1.165) is 17.9 Å². The summed E-state index contributed by atoms with van der Waals surface area (Å²) in [4.78, 5) is 64.7. The monoisotopic (exact) mass is 558 g/mol. The number of hydrogen-bond donors (Lipinski definition) is 1. The van der Waals surface area contributed by atoms with Gasteiger partial charge in [0.15, 0.2) is 0 Å². The van der Waals surface area contributed by atoms with E-state index in [4.69, 9.17) is 9.57 Å². The lowest BCUT2D eigenvalue weighted by Gasteiger charge is -2.34. The summed E-state index contributed by atoms with van der Waals surface area (Å²) >= 11 is 0. The maximum Gasteiger partial charge on any atom is 0.332 e. The normalized spacial score (nSPS) is 16.7. The Balaban J connectivity index is 0. The van der Waals surface area contributed by atoms with Crippen LogP contribution >= 0.6 is 0 Å². The molecule has 228 valence electrons. The van der Waals surface area contributed by atoms with Crippen LogP contribution in [0.4, 0.5) is 0 Å². The number of carbonyl (C=O) groups excluding carboxylic acids is 5. The quantitative estimate of drug-likeness (QED) is 0.0996. The van der Waals surface area contributed by atoms with Crippen molar-refractivity contribution in [2.75, 3.05) is 20.2 Å². The topological polar surface area (TPSA) is 131 Å². The molecule has 0 aromatic heterocycles. The predicted molar refractivity (Wildman–Crippen MR) is 150 cm³/mol. The molecule has 10 heteroatoms. The number of aldehydes is 1. The maximum atomic E-state index is 12.4. The first-order valence-electron chi connectivity index (χ1n) is 14.8. The van der Waals surface area contributed by atoms with Crippen LogP contribution in [0.15, 0.2) is 0 Å². The van der Waals surface area contributed by atoms with Gasteiger partial charge in [-0.25, -0.2) is 4.79 Å². The Morgan fingerprint density at radius 1 is 0.923 bits per heavy atom. The Kier molecular flexibility index (Phi) is 24.3. The summed E-state index contributed by atoms with van der Waals surface area (Å²) in [5.74, 6) is -1.07. The van der Waals surface area contributed by atoms with E-state index in [-0.39, 0.29) is 43.0 Å². The van der Waals surface area contributed by atoms with E-state index < -0.39 is 18.1 Å². The number of carbonyl (C=O) groups is 5. The van der Waals surface area contributed by atoms with E-state index in [1.54, 1.807) is 11.8 Å². The molecule has 0 heterocycles. The molecule has 1 saturated carbocycles. The number of hydroxylamine groups is 2. The Hall–Kier alpha value is -2.49. The Bertz CT molecular complexity index is 693. The number of unbranched alkanes of at least 4 members (excludes halogenated alkanes) is 2. The minimum absolute atomic E-state index is 0.000738. The molecule has 1 N–H and O–H groups in total. The van der Waals surface area contributed by atoms with Crippen LogP contribution in [0.1, 0.15) is 119 Å². The van der Waals surface area contributed by atoms with E-state index in [9.17, 15) is 29.1 Å². The highest BCUT2D eigenvalue weighted by molar-refractivity contribution is 5.79. The van der Waals surface area contributed by atoms with Crippen LogP contribution in [0, 0.1) is 11.8 Å². The van der Waals surface area contributed by atoms with Crippen LogP contribution in [0.5, 0.6) is 0 Å². The highest BCUT2D eigenvalue weighted by Gasteiger charge is 2.30. The molecule has 0 bridgehead atoms. The summed E-state index contributed by atoms with van der Waals surface area (Å²) < 4.78 is 5.41. The van der Waals surface area contributed by atoms with Crippen molar-refractivity contribution in [1.82, 2.24) is 9.96 Å². The van der Waals surface area contributed by atoms with Gasteiger partial charge in [-0.2, -0.15) is 5.06 Å². The first kappa shape index (κ1) is 38.7. The second kappa shape index (κ2) is 24.5. The highest BCUT2D eigenvalue weighted by Crippen LogP contribution is 2.31. The third-order valence-corrected chi connectivity index (χ3v) is 6.32. The van der Waals surface area contributed by atoms with Gasteiger partial charge in [-0.3, -0.25) is 14.4 Å². The zero-order chi connectivity index (χ0) is 30.2. The third-order valence-electron chi connectivity index (χ3n) is 6.32. The molecule has 39 heavy (non-hydrogen) atoms. The fraction of sp³-hybridized carbons (Fsp3) is 0.828. The number of rotatable bonds is 15. The highest BCUT2D eigenvalue weighted by atomic mass is 16.7. The van der Waals surface area contributed by atoms with Gasteiger partial charge in [0.2, 0.25) is 5.91 Å². The van der Waals surface area contributed by atoms with Gasteiger partial charge in [-0.05, 0) is 57.3 Å². The third kappa shape index (κ3) is 16.9. The van der Waals surface area contributed by atoms with Gasteiger partial charge in [0.05, 0.1) is 12.5 Å². The number of amides is 2. The number of esters is 1. The molecule has 1 rings (SSSR count). The first-order chi connectivity index (χ1) is 18.7. The number of nitrogens with zero attached hydrogens (tertiary/aromatic N) is 2. The average Bonchev–Trinajstić information content (AvgIpc) is 2.97. The molecule has 1 aliphatic rings.